The van der Waals surface area contributed by atoms with Crippen LogP contribution in [0, 0.1) is 5.82 Å². The van der Waals surface area contributed by atoms with Crippen molar-refractivity contribution >= 4 is 29.4 Å². The fraction of sp³-hybridized carbons (Fsp3) is 0.286. The van der Waals surface area contributed by atoms with Gasteiger partial charge < -0.3 is 10.2 Å². The quantitative estimate of drug-likeness (QED) is 0.513. The predicted octanol–water partition coefficient (Wildman–Crippen LogP) is 3.54. The molecule has 28 heavy (non-hydrogen) atoms. The molecule has 0 radical (unpaired) electrons. The number of carbonyl (C=O) groups is 2. The van der Waals surface area contributed by atoms with Gasteiger partial charge >= 0.3 is 0 Å². The van der Waals surface area contributed by atoms with Crippen molar-refractivity contribution in [2.45, 2.75) is 26.7 Å². The van der Waals surface area contributed by atoms with Crippen LogP contribution >= 0.6 is 0 Å². The number of hydrazone groups is 1. The second-order valence-corrected chi connectivity index (χ2v) is 6.11. The van der Waals surface area contributed by atoms with Crippen LogP contribution in [0.1, 0.15) is 32.3 Å². The lowest BCUT2D eigenvalue weighted by atomic mass is 10.2. The molecule has 148 valence electrons. The van der Waals surface area contributed by atoms with Crippen LogP contribution in [0.2, 0.25) is 0 Å². The Bertz CT molecular complexity index is 800. The molecule has 0 spiro atoms. The van der Waals surface area contributed by atoms with Crippen LogP contribution < -0.4 is 15.6 Å². The minimum absolute atomic E-state index is 0.00522. The standard InChI is InChI=1S/C21H25FN4O2/c1-3-26(4-2)19-11-5-16(6-12-19)15-23-25-21(28)14-13-20(27)24-18-9-7-17(22)8-10-18/h5-12,15H,3-4,13-14H2,1-2H3,(H,24,27)(H,25,28). The zero-order valence-electron chi connectivity index (χ0n) is 16.1. The number of anilines is 2. The van der Waals surface area contributed by atoms with E-state index in [0.29, 0.717) is 5.69 Å². The molecule has 6 nitrogen and oxygen atoms in total. The van der Waals surface area contributed by atoms with Crippen molar-refractivity contribution in [3.05, 3.63) is 59.9 Å². The minimum Gasteiger partial charge on any atom is -0.372 e. The molecule has 0 fully saturated rings. The maximum atomic E-state index is 12.8. The molecule has 0 atom stereocenters. The Morgan fingerprint density at radius 2 is 1.57 bits per heavy atom. The number of nitrogens with one attached hydrogen (secondary N) is 2. The van der Waals surface area contributed by atoms with E-state index in [9.17, 15) is 14.0 Å². The molecule has 0 bridgehead atoms. The van der Waals surface area contributed by atoms with Gasteiger partial charge in [-0.15, -0.1) is 0 Å². The summed E-state index contributed by atoms with van der Waals surface area (Å²) in [6, 6.07) is 13.3. The molecule has 2 rings (SSSR count). The number of amides is 2. The van der Waals surface area contributed by atoms with Crippen LogP contribution in [0.4, 0.5) is 15.8 Å². The van der Waals surface area contributed by atoms with Crippen molar-refractivity contribution in [3.8, 4) is 0 Å². The van der Waals surface area contributed by atoms with E-state index >= 15 is 0 Å². The van der Waals surface area contributed by atoms with Crippen molar-refractivity contribution in [1.82, 2.24) is 5.43 Å². The molecule has 2 amide bonds. The molecule has 2 N–H and O–H groups in total. The SMILES string of the molecule is CCN(CC)c1ccc(C=NNC(=O)CCC(=O)Nc2ccc(F)cc2)cc1. The predicted molar refractivity (Wildman–Crippen MR) is 110 cm³/mol. The second kappa shape index (κ2) is 10.8. The van der Waals surface area contributed by atoms with Crippen LogP contribution in [-0.4, -0.2) is 31.1 Å². The number of hydrogen-bond donors (Lipinski definition) is 2. The minimum atomic E-state index is -0.377. The van der Waals surface area contributed by atoms with E-state index in [2.05, 4.69) is 34.6 Å². The fourth-order valence-electron chi connectivity index (χ4n) is 2.58. The Labute approximate surface area is 164 Å². The van der Waals surface area contributed by atoms with Crippen LogP contribution in [0.15, 0.2) is 53.6 Å². The van der Waals surface area contributed by atoms with Gasteiger partial charge in [-0.05, 0) is 55.8 Å². The average Bonchev–Trinajstić information content (AvgIpc) is 2.70. The molecular formula is C21H25FN4O2. The van der Waals surface area contributed by atoms with E-state index in [1.54, 1.807) is 6.21 Å². The molecule has 0 aliphatic carbocycles. The normalized spacial score (nSPS) is 10.7. The number of rotatable bonds is 9. The molecule has 2 aromatic rings. The summed E-state index contributed by atoms with van der Waals surface area (Å²) >= 11 is 0. The molecule has 7 heteroatoms. The molecule has 0 saturated heterocycles. The first-order valence-electron chi connectivity index (χ1n) is 9.24. The number of halogens is 1. The monoisotopic (exact) mass is 384 g/mol. The van der Waals surface area contributed by atoms with Gasteiger partial charge in [-0.3, -0.25) is 9.59 Å². The fourth-order valence-corrected chi connectivity index (χ4v) is 2.58. The summed E-state index contributed by atoms with van der Waals surface area (Å²) in [6.07, 6.45) is 1.57. The van der Waals surface area contributed by atoms with Crippen molar-refractivity contribution in [1.29, 1.82) is 0 Å². The van der Waals surface area contributed by atoms with Crippen molar-refractivity contribution in [2.75, 3.05) is 23.3 Å². The highest BCUT2D eigenvalue weighted by Crippen LogP contribution is 2.14. The van der Waals surface area contributed by atoms with Gasteiger partial charge in [-0.25, -0.2) is 9.82 Å². The van der Waals surface area contributed by atoms with Gasteiger partial charge in [0.15, 0.2) is 0 Å². The molecule has 0 saturated carbocycles. The van der Waals surface area contributed by atoms with Gasteiger partial charge in [0.05, 0.1) is 6.21 Å². The summed E-state index contributed by atoms with van der Waals surface area (Å²) in [5, 5.41) is 6.52. The van der Waals surface area contributed by atoms with Crippen LogP contribution in [-0.2, 0) is 9.59 Å². The lowest BCUT2D eigenvalue weighted by molar-refractivity contribution is -0.124. The van der Waals surface area contributed by atoms with Crippen molar-refractivity contribution in [2.24, 2.45) is 5.10 Å². The first kappa shape index (κ1) is 21.1. The van der Waals surface area contributed by atoms with E-state index in [4.69, 9.17) is 0 Å². The number of carbonyl (C=O) groups excluding carboxylic acids is 2. The Balaban J connectivity index is 1.74. The Morgan fingerprint density at radius 1 is 0.964 bits per heavy atom. The van der Waals surface area contributed by atoms with Gasteiger partial charge in [0.2, 0.25) is 11.8 Å². The highest BCUT2D eigenvalue weighted by molar-refractivity contribution is 5.93. The maximum Gasteiger partial charge on any atom is 0.240 e. The third kappa shape index (κ3) is 6.83. The third-order valence-corrected chi connectivity index (χ3v) is 4.13. The third-order valence-electron chi connectivity index (χ3n) is 4.13. The number of nitrogens with zero attached hydrogens (tertiary/aromatic N) is 2. The van der Waals surface area contributed by atoms with Gasteiger partial charge in [-0.1, -0.05) is 12.1 Å². The van der Waals surface area contributed by atoms with E-state index in [-0.39, 0.29) is 30.5 Å². The maximum absolute atomic E-state index is 12.8. The largest absolute Gasteiger partial charge is 0.372 e. The number of hydrogen-bond acceptors (Lipinski definition) is 4. The highest BCUT2D eigenvalue weighted by atomic mass is 19.1. The van der Waals surface area contributed by atoms with Crippen LogP contribution in [0.5, 0.6) is 0 Å². The smallest absolute Gasteiger partial charge is 0.240 e. The van der Waals surface area contributed by atoms with Crippen LogP contribution in [0.3, 0.4) is 0 Å². The average molecular weight is 384 g/mol. The topological polar surface area (TPSA) is 73.8 Å². The van der Waals surface area contributed by atoms with Gasteiger partial charge in [0.1, 0.15) is 5.82 Å². The van der Waals surface area contributed by atoms with Crippen molar-refractivity contribution in [3.63, 3.8) is 0 Å². The summed E-state index contributed by atoms with van der Waals surface area (Å²) in [7, 11) is 0. The Morgan fingerprint density at radius 3 is 2.18 bits per heavy atom. The Kier molecular flexibility index (Phi) is 8.14. The van der Waals surface area contributed by atoms with Crippen LogP contribution in [0.25, 0.3) is 0 Å². The molecule has 0 aliphatic rings. The van der Waals surface area contributed by atoms with E-state index in [1.165, 1.54) is 24.3 Å². The second-order valence-electron chi connectivity index (χ2n) is 6.11. The molecule has 0 heterocycles. The van der Waals surface area contributed by atoms with E-state index in [1.807, 2.05) is 24.3 Å². The first-order valence-corrected chi connectivity index (χ1v) is 9.24. The van der Waals surface area contributed by atoms with Gasteiger partial charge in [-0.2, -0.15) is 5.10 Å². The summed E-state index contributed by atoms with van der Waals surface area (Å²) in [5.74, 6) is -1.05. The molecular weight excluding hydrogens is 359 g/mol. The zero-order valence-corrected chi connectivity index (χ0v) is 16.1. The van der Waals surface area contributed by atoms with E-state index in [0.717, 1.165) is 24.3 Å². The highest BCUT2D eigenvalue weighted by Gasteiger charge is 2.07. The van der Waals surface area contributed by atoms with E-state index < -0.39 is 0 Å². The molecule has 0 aromatic heterocycles. The summed E-state index contributed by atoms with van der Waals surface area (Å²) < 4.78 is 12.8. The summed E-state index contributed by atoms with van der Waals surface area (Å²) in [4.78, 5) is 25.8. The first-order chi connectivity index (χ1) is 13.5. The Hall–Kier alpha value is -3.22. The summed E-state index contributed by atoms with van der Waals surface area (Å²) in [6.45, 7) is 6.09. The molecule has 0 aliphatic heterocycles. The summed E-state index contributed by atoms with van der Waals surface area (Å²) in [5.41, 5.74) is 4.90. The van der Waals surface area contributed by atoms with Gasteiger partial charge in [0.25, 0.3) is 0 Å². The molecule has 0 unspecified atom stereocenters. The van der Waals surface area contributed by atoms with Gasteiger partial charge in [0, 0.05) is 37.3 Å². The lowest BCUT2D eigenvalue weighted by Crippen LogP contribution is -2.21. The zero-order chi connectivity index (χ0) is 20.4. The van der Waals surface area contributed by atoms with Crippen molar-refractivity contribution < 1.29 is 14.0 Å². The molecule has 2 aromatic carbocycles. The lowest BCUT2D eigenvalue weighted by Gasteiger charge is -2.20. The number of benzene rings is 2.